The Morgan fingerprint density at radius 3 is 1.42 bits per heavy atom. The number of esters is 1. The molecular weight excluding hydrogens is 680 g/mol. The quantitative estimate of drug-likeness (QED) is 0.267. The van der Waals surface area contributed by atoms with E-state index in [0.717, 1.165) is 11.1 Å². The number of hydrogen-bond acceptors (Lipinski definition) is 14. The van der Waals surface area contributed by atoms with Gasteiger partial charge in [-0.25, -0.2) is 0 Å². The Balaban J connectivity index is 1.45. The first kappa shape index (κ1) is 40.6. The van der Waals surface area contributed by atoms with E-state index in [9.17, 15) is 9.90 Å². The molecular formula is C38H54O14. The van der Waals surface area contributed by atoms with E-state index in [2.05, 4.69) is 0 Å². The third kappa shape index (κ3) is 9.56. The molecule has 1 N–H and O–H groups in total. The molecule has 0 spiro atoms. The summed E-state index contributed by atoms with van der Waals surface area (Å²) in [6.07, 6.45) is -12.5. The lowest BCUT2D eigenvalue weighted by atomic mass is 9.96. The van der Waals surface area contributed by atoms with Gasteiger partial charge in [-0.05, 0) is 31.9 Å². The molecule has 3 saturated heterocycles. The van der Waals surface area contributed by atoms with E-state index in [4.69, 9.17) is 56.8 Å². The summed E-state index contributed by atoms with van der Waals surface area (Å²) >= 11 is 0. The summed E-state index contributed by atoms with van der Waals surface area (Å²) in [6, 6.07) is 19.4. The van der Waals surface area contributed by atoms with Crippen molar-refractivity contribution in [1.82, 2.24) is 0 Å². The van der Waals surface area contributed by atoms with E-state index >= 15 is 0 Å². The molecule has 2 aromatic rings. The molecule has 290 valence electrons. The maximum Gasteiger partial charge on any atom is 0.303 e. The Morgan fingerprint density at radius 2 is 0.962 bits per heavy atom. The van der Waals surface area contributed by atoms with Crippen LogP contribution in [0.2, 0.25) is 0 Å². The van der Waals surface area contributed by atoms with Crippen LogP contribution in [0.15, 0.2) is 60.7 Å². The van der Waals surface area contributed by atoms with E-state index in [1.165, 1.54) is 28.3 Å². The fourth-order valence-corrected chi connectivity index (χ4v) is 7.16. The fourth-order valence-electron chi connectivity index (χ4n) is 7.16. The third-order valence-electron chi connectivity index (χ3n) is 9.74. The van der Waals surface area contributed by atoms with E-state index in [1.807, 2.05) is 74.5 Å². The molecule has 0 aliphatic carbocycles. The van der Waals surface area contributed by atoms with Gasteiger partial charge in [-0.3, -0.25) is 4.79 Å². The van der Waals surface area contributed by atoms with E-state index in [-0.39, 0.29) is 13.2 Å². The highest BCUT2D eigenvalue weighted by atomic mass is 16.8. The normalized spacial score (nSPS) is 38.1. The zero-order valence-electron chi connectivity index (χ0n) is 31.1. The van der Waals surface area contributed by atoms with Crippen molar-refractivity contribution in [3.05, 3.63) is 71.8 Å². The lowest BCUT2D eigenvalue weighted by Gasteiger charge is -2.50. The zero-order valence-corrected chi connectivity index (χ0v) is 31.1. The Kier molecular flexibility index (Phi) is 15.0. The Bertz CT molecular complexity index is 1350. The SMILES string of the molecule is CO[C@@H]1[C@@H](O[C@@H]2O[C@@H](C)[C@H](OCc3ccccc3)[C@@H](OC)[C@H]2O[C@@H]2O[C@@H](C)[C@H](OCc3ccccc3)[C@@H](OC)[C@H]2OC(C)=O)[C@H](C)O[C@@H](O)[C@@H]1OC. The molecule has 14 nitrogen and oxygen atoms in total. The van der Waals surface area contributed by atoms with Gasteiger partial charge in [-0.1, -0.05) is 60.7 Å². The summed E-state index contributed by atoms with van der Waals surface area (Å²) in [5.74, 6) is -0.561. The van der Waals surface area contributed by atoms with Crippen molar-refractivity contribution < 1.29 is 66.7 Å². The molecule has 0 radical (unpaired) electrons. The summed E-state index contributed by atoms with van der Waals surface area (Å²) in [5, 5.41) is 10.6. The molecule has 0 bridgehead atoms. The number of methoxy groups -OCH3 is 4. The molecule has 0 aromatic heterocycles. The molecule has 0 saturated carbocycles. The van der Waals surface area contributed by atoms with Gasteiger partial charge < -0.3 is 61.9 Å². The zero-order chi connectivity index (χ0) is 37.4. The van der Waals surface area contributed by atoms with Crippen LogP contribution in [-0.2, 0) is 74.9 Å². The summed E-state index contributed by atoms with van der Waals surface area (Å²) in [5.41, 5.74) is 1.92. The second-order valence-electron chi connectivity index (χ2n) is 13.3. The first-order valence-corrected chi connectivity index (χ1v) is 17.6. The minimum atomic E-state index is -1.24. The molecule has 3 aliphatic rings. The lowest BCUT2D eigenvalue weighted by molar-refractivity contribution is -0.388. The van der Waals surface area contributed by atoms with Crippen LogP contribution in [0.5, 0.6) is 0 Å². The van der Waals surface area contributed by atoms with Crippen LogP contribution in [0, 0.1) is 0 Å². The average Bonchev–Trinajstić information content (AvgIpc) is 3.13. The van der Waals surface area contributed by atoms with Crippen molar-refractivity contribution in [2.75, 3.05) is 28.4 Å². The number of benzene rings is 2. The van der Waals surface area contributed by atoms with Crippen LogP contribution in [-0.4, -0.2) is 132 Å². The Morgan fingerprint density at radius 1 is 0.558 bits per heavy atom. The van der Waals surface area contributed by atoms with Crippen molar-refractivity contribution in [3.8, 4) is 0 Å². The van der Waals surface area contributed by atoms with Crippen molar-refractivity contribution in [2.24, 2.45) is 0 Å². The number of aliphatic hydroxyl groups excluding tert-OH is 1. The van der Waals surface area contributed by atoms with Gasteiger partial charge in [0.25, 0.3) is 0 Å². The Labute approximate surface area is 305 Å². The molecule has 15 atom stereocenters. The van der Waals surface area contributed by atoms with Gasteiger partial charge in [0.05, 0.1) is 31.5 Å². The number of carbonyl (C=O) groups excluding carboxylic acids is 1. The van der Waals surface area contributed by atoms with Crippen LogP contribution < -0.4 is 0 Å². The molecule has 3 fully saturated rings. The standard InChI is InChI=1S/C38H54O14/c1-21-27(45-19-25-15-11-9-12-16-25)30(41-5)34(50-24(4)39)37(48-21)52-35-31(42-6)28(46-20-26-17-13-10-14-18-26)22(2)49-38(35)51-29-23(3)47-36(40)33(44-8)32(29)43-7/h9-18,21-23,27-38,40H,19-20H2,1-8H3/t21-,22-,23-,27-,28-,29-,30+,31+,32+,33+,34+,35+,36+,37-,38-/m0/s1. The first-order chi connectivity index (χ1) is 25.1. The summed E-state index contributed by atoms with van der Waals surface area (Å²) in [4.78, 5) is 12.5. The van der Waals surface area contributed by atoms with Gasteiger partial charge >= 0.3 is 5.97 Å². The molecule has 5 rings (SSSR count). The lowest BCUT2D eigenvalue weighted by Crippen LogP contribution is -2.66. The van der Waals surface area contributed by atoms with Crippen LogP contribution in [0.4, 0.5) is 0 Å². The van der Waals surface area contributed by atoms with Crippen molar-refractivity contribution in [3.63, 3.8) is 0 Å². The molecule has 2 aromatic carbocycles. The van der Waals surface area contributed by atoms with Crippen molar-refractivity contribution in [2.45, 2.75) is 133 Å². The summed E-state index contributed by atoms with van der Waals surface area (Å²) in [6.45, 7) is 7.34. The second-order valence-corrected chi connectivity index (χ2v) is 13.3. The van der Waals surface area contributed by atoms with Crippen LogP contribution >= 0.6 is 0 Å². The largest absolute Gasteiger partial charge is 0.454 e. The topological polar surface area (TPSA) is 148 Å². The molecule has 3 heterocycles. The highest BCUT2D eigenvalue weighted by Gasteiger charge is 2.55. The van der Waals surface area contributed by atoms with Gasteiger partial charge in [0.15, 0.2) is 25.0 Å². The smallest absolute Gasteiger partial charge is 0.303 e. The van der Waals surface area contributed by atoms with Gasteiger partial charge in [0.1, 0.15) is 48.8 Å². The molecule has 3 aliphatic heterocycles. The van der Waals surface area contributed by atoms with Gasteiger partial charge in [0.2, 0.25) is 0 Å². The van der Waals surface area contributed by atoms with Crippen molar-refractivity contribution in [1.29, 1.82) is 0 Å². The number of hydrogen-bond donors (Lipinski definition) is 1. The van der Waals surface area contributed by atoms with Crippen LogP contribution in [0.25, 0.3) is 0 Å². The predicted octanol–water partition coefficient (Wildman–Crippen LogP) is 3.15. The second kappa shape index (κ2) is 19.1. The maximum atomic E-state index is 12.5. The van der Waals surface area contributed by atoms with E-state index < -0.39 is 98.1 Å². The molecule has 0 amide bonds. The van der Waals surface area contributed by atoms with Crippen molar-refractivity contribution >= 4 is 5.97 Å². The predicted molar refractivity (Wildman–Crippen MR) is 184 cm³/mol. The number of carbonyl (C=O) groups is 1. The minimum absolute atomic E-state index is 0.281. The highest BCUT2D eigenvalue weighted by Crippen LogP contribution is 2.37. The van der Waals surface area contributed by atoms with E-state index in [0.29, 0.717) is 0 Å². The highest BCUT2D eigenvalue weighted by molar-refractivity contribution is 5.66. The summed E-state index contributed by atoms with van der Waals surface area (Å²) < 4.78 is 74.2. The molecule has 52 heavy (non-hydrogen) atoms. The van der Waals surface area contributed by atoms with Gasteiger partial charge in [-0.15, -0.1) is 0 Å². The van der Waals surface area contributed by atoms with Crippen LogP contribution in [0.3, 0.4) is 0 Å². The molecule has 14 heteroatoms. The summed E-state index contributed by atoms with van der Waals surface area (Å²) in [7, 11) is 6.03. The minimum Gasteiger partial charge on any atom is -0.454 e. The third-order valence-corrected chi connectivity index (χ3v) is 9.74. The average molecular weight is 735 g/mol. The first-order valence-electron chi connectivity index (χ1n) is 17.6. The van der Waals surface area contributed by atoms with Crippen LogP contribution in [0.1, 0.15) is 38.8 Å². The number of aliphatic hydroxyl groups is 1. The Hall–Kier alpha value is -2.57. The van der Waals surface area contributed by atoms with Gasteiger partial charge in [0, 0.05) is 35.4 Å². The monoisotopic (exact) mass is 734 g/mol. The van der Waals surface area contributed by atoms with E-state index in [1.54, 1.807) is 14.0 Å². The fraction of sp³-hybridized carbons (Fsp3) is 0.658. The number of rotatable bonds is 15. The van der Waals surface area contributed by atoms with Gasteiger partial charge in [-0.2, -0.15) is 0 Å². The maximum absolute atomic E-state index is 12.5. The molecule has 0 unspecified atom stereocenters. The number of ether oxygens (including phenoxy) is 12.